The number of benzene rings is 3. The van der Waals surface area contributed by atoms with Gasteiger partial charge in [0.1, 0.15) is 12.4 Å². The summed E-state index contributed by atoms with van der Waals surface area (Å²) in [6, 6.07) is 16.8. The van der Waals surface area contributed by atoms with E-state index in [-0.39, 0.29) is 10.6 Å². The van der Waals surface area contributed by atoms with Gasteiger partial charge in [-0.25, -0.2) is 18.2 Å². The number of hydrogen-bond donors (Lipinski definition) is 1. The zero-order valence-corrected chi connectivity index (χ0v) is 18.9. The summed E-state index contributed by atoms with van der Waals surface area (Å²) in [5.74, 6) is -1.46. The highest BCUT2D eigenvalue weighted by atomic mass is 32.2. The molecule has 0 aromatic heterocycles. The van der Waals surface area contributed by atoms with Gasteiger partial charge >= 0.3 is 0 Å². The summed E-state index contributed by atoms with van der Waals surface area (Å²) in [5.41, 5.74) is 6.25. The van der Waals surface area contributed by atoms with Crippen molar-refractivity contribution in [1.29, 1.82) is 0 Å². The van der Waals surface area contributed by atoms with Gasteiger partial charge in [-0.1, -0.05) is 42.5 Å². The second-order valence-electron chi connectivity index (χ2n) is 7.29. The minimum Gasteiger partial charge on any atom is -0.271 e. The highest BCUT2D eigenvalue weighted by Gasteiger charge is 2.28. The van der Waals surface area contributed by atoms with Gasteiger partial charge in [0.05, 0.1) is 16.8 Å². The fraction of sp³-hybridized carbons (Fsp3) is 0.167. The Balaban J connectivity index is 1.85. The fourth-order valence-corrected chi connectivity index (χ4v) is 4.58. The molecule has 8 heteroatoms. The Bertz CT molecular complexity index is 1260. The molecule has 0 unspecified atom stereocenters. The number of nitrogens with one attached hydrogen (secondary N) is 1. The van der Waals surface area contributed by atoms with Gasteiger partial charge in [-0.2, -0.15) is 5.10 Å². The largest absolute Gasteiger partial charge is 0.271 e. The van der Waals surface area contributed by atoms with Crippen molar-refractivity contribution in [2.45, 2.75) is 25.7 Å². The molecule has 0 atom stereocenters. The zero-order chi connectivity index (χ0) is 23.3. The number of amides is 1. The molecular weight excluding hydrogens is 429 g/mol. The summed E-state index contributed by atoms with van der Waals surface area (Å²) in [7, 11) is -4.19. The first-order valence-corrected chi connectivity index (χ1v) is 11.4. The summed E-state index contributed by atoms with van der Waals surface area (Å²) in [4.78, 5) is 12.5. The van der Waals surface area contributed by atoms with E-state index in [0.29, 0.717) is 0 Å². The third-order valence-corrected chi connectivity index (χ3v) is 7.01. The average molecular weight is 454 g/mol. The van der Waals surface area contributed by atoms with Crippen LogP contribution in [0.5, 0.6) is 0 Å². The van der Waals surface area contributed by atoms with Gasteiger partial charge in [0.2, 0.25) is 0 Å². The molecular formula is C24H24FN3O3S. The summed E-state index contributed by atoms with van der Waals surface area (Å²) in [6.07, 6.45) is 1.50. The van der Waals surface area contributed by atoms with Gasteiger partial charge in [-0.15, -0.1) is 0 Å². The molecule has 0 saturated heterocycles. The summed E-state index contributed by atoms with van der Waals surface area (Å²) >= 11 is 0. The smallest absolute Gasteiger partial charge is 0.264 e. The third-order valence-electron chi connectivity index (χ3n) is 5.23. The molecule has 3 aromatic carbocycles. The Kier molecular flexibility index (Phi) is 7.05. The molecule has 0 heterocycles. The quantitative estimate of drug-likeness (QED) is 0.432. The lowest BCUT2D eigenvalue weighted by Crippen LogP contribution is -2.40. The normalized spacial score (nSPS) is 11.5. The maximum Gasteiger partial charge on any atom is 0.264 e. The first kappa shape index (κ1) is 23.1. The van der Waals surface area contributed by atoms with Crippen LogP contribution in [0.25, 0.3) is 0 Å². The molecule has 0 spiro atoms. The Morgan fingerprint density at radius 3 is 2.31 bits per heavy atom. The molecule has 0 aliphatic carbocycles. The lowest BCUT2D eigenvalue weighted by atomic mass is 10.00. The highest BCUT2D eigenvalue weighted by Crippen LogP contribution is 2.26. The summed E-state index contributed by atoms with van der Waals surface area (Å²) < 4.78 is 41.5. The molecule has 6 nitrogen and oxygen atoms in total. The first-order valence-electron chi connectivity index (χ1n) is 9.93. The van der Waals surface area contributed by atoms with Gasteiger partial charge < -0.3 is 0 Å². The lowest BCUT2D eigenvalue weighted by Gasteiger charge is -2.24. The number of hydrazone groups is 1. The van der Waals surface area contributed by atoms with E-state index < -0.39 is 28.3 Å². The van der Waals surface area contributed by atoms with Crippen molar-refractivity contribution in [3.05, 3.63) is 94.8 Å². The summed E-state index contributed by atoms with van der Waals surface area (Å²) in [6.45, 7) is 5.33. The molecule has 0 aliphatic heterocycles. The number of hydrogen-bond acceptors (Lipinski definition) is 4. The Hall–Kier alpha value is -3.52. The van der Waals surface area contributed by atoms with Crippen LogP contribution in [0.2, 0.25) is 0 Å². The second kappa shape index (κ2) is 9.74. The van der Waals surface area contributed by atoms with Gasteiger partial charge in [0, 0.05) is 0 Å². The van der Waals surface area contributed by atoms with E-state index in [1.54, 1.807) is 18.2 Å². The summed E-state index contributed by atoms with van der Waals surface area (Å²) in [5, 5.41) is 3.96. The molecule has 166 valence electrons. The van der Waals surface area contributed by atoms with Crippen LogP contribution in [-0.4, -0.2) is 27.1 Å². The molecule has 0 bridgehead atoms. The molecule has 1 amide bonds. The highest BCUT2D eigenvalue weighted by molar-refractivity contribution is 7.92. The Morgan fingerprint density at radius 1 is 0.969 bits per heavy atom. The third kappa shape index (κ3) is 5.03. The molecule has 3 aromatic rings. The number of aryl methyl sites for hydroxylation is 1. The predicted octanol–water partition coefficient (Wildman–Crippen LogP) is 4.10. The van der Waals surface area contributed by atoms with Gasteiger partial charge in [0.15, 0.2) is 0 Å². The van der Waals surface area contributed by atoms with Crippen molar-refractivity contribution in [3.63, 3.8) is 0 Å². The van der Waals surface area contributed by atoms with Crippen molar-refractivity contribution >= 4 is 27.8 Å². The van der Waals surface area contributed by atoms with Crippen LogP contribution in [-0.2, 0) is 14.8 Å². The lowest BCUT2D eigenvalue weighted by molar-refractivity contribution is -0.119. The van der Waals surface area contributed by atoms with Crippen LogP contribution in [0, 0.1) is 26.6 Å². The van der Waals surface area contributed by atoms with Crippen LogP contribution in [0.3, 0.4) is 0 Å². The van der Waals surface area contributed by atoms with Crippen molar-refractivity contribution < 1.29 is 17.6 Å². The molecule has 0 fully saturated rings. The number of para-hydroxylation sites is 1. The number of carbonyl (C=O) groups is 1. The van der Waals surface area contributed by atoms with Gasteiger partial charge in [-0.05, 0) is 67.3 Å². The standard InChI is InChI=1S/C24H24FN3O3S/c1-17-13-14-20(19(3)18(17)2)15-26-27-24(29)16-28(23-12-8-7-11-22(23)25)32(30,31)21-9-5-4-6-10-21/h4-15H,16H2,1-3H3,(H,27,29)/b26-15-. The van der Waals surface area contributed by atoms with E-state index in [0.717, 1.165) is 32.6 Å². The molecule has 3 rings (SSSR count). The van der Waals surface area contributed by atoms with Crippen LogP contribution in [0.15, 0.2) is 76.7 Å². The van der Waals surface area contributed by atoms with Crippen molar-refractivity contribution in [1.82, 2.24) is 5.43 Å². The Morgan fingerprint density at radius 2 is 1.62 bits per heavy atom. The molecule has 0 radical (unpaired) electrons. The van der Waals surface area contributed by atoms with Crippen molar-refractivity contribution in [2.24, 2.45) is 5.10 Å². The number of sulfonamides is 1. The Labute approximate surface area is 187 Å². The van der Waals surface area contributed by atoms with Crippen LogP contribution in [0.1, 0.15) is 22.3 Å². The van der Waals surface area contributed by atoms with Gasteiger partial charge in [-0.3, -0.25) is 9.10 Å². The maximum atomic E-state index is 14.5. The minimum atomic E-state index is -4.19. The monoisotopic (exact) mass is 453 g/mol. The van der Waals surface area contributed by atoms with E-state index in [4.69, 9.17) is 0 Å². The zero-order valence-electron chi connectivity index (χ0n) is 18.0. The molecule has 32 heavy (non-hydrogen) atoms. The number of halogens is 1. The molecule has 0 aliphatic rings. The molecule has 0 saturated carbocycles. The number of anilines is 1. The number of nitrogens with zero attached hydrogens (tertiary/aromatic N) is 2. The van der Waals surface area contributed by atoms with E-state index >= 15 is 0 Å². The van der Waals surface area contributed by atoms with Crippen LogP contribution < -0.4 is 9.73 Å². The molecule has 1 N–H and O–H groups in total. The van der Waals surface area contributed by atoms with E-state index in [1.807, 2.05) is 32.9 Å². The topological polar surface area (TPSA) is 78.8 Å². The van der Waals surface area contributed by atoms with E-state index in [1.165, 1.54) is 36.5 Å². The SMILES string of the molecule is Cc1ccc(/C=N\NC(=O)CN(c2ccccc2F)S(=O)(=O)c2ccccc2)c(C)c1C. The predicted molar refractivity (Wildman–Crippen MR) is 124 cm³/mol. The van der Waals surface area contributed by atoms with E-state index in [9.17, 15) is 17.6 Å². The maximum absolute atomic E-state index is 14.5. The van der Waals surface area contributed by atoms with E-state index in [2.05, 4.69) is 10.5 Å². The number of carbonyl (C=O) groups excluding carboxylic acids is 1. The van der Waals surface area contributed by atoms with Crippen LogP contribution in [0.4, 0.5) is 10.1 Å². The fourth-order valence-electron chi connectivity index (χ4n) is 3.13. The van der Waals surface area contributed by atoms with Crippen molar-refractivity contribution in [2.75, 3.05) is 10.8 Å². The second-order valence-corrected chi connectivity index (χ2v) is 9.15. The van der Waals surface area contributed by atoms with Crippen LogP contribution >= 0.6 is 0 Å². The average Bonchev–Trinajstić information content (AvgIpc) is 2.78. The first-order chi connectivity index (χ1) is 15.2. The van der Waals surface area contributed by atoms with Crippen molar-refractivity contribution in [3.8, 4) is 0 Å². The van der Waals surface area contributed by atoms with Gasteiger partial charge in [0.25, 0.3) is 15.9 Å². The minimum absolute atomic E-state index is 0.0506. The number of rotatable bonds is 7.